The van der Waals surface area contributed by atoms with Crippen molar-refractivity contribution in [2.45, 2.75) is 48.7 Å². The normalized spacial score (nSPS) is 14.7. The maximum atomic E-state index is 12.7. The second-order valence-electron chi connectivity index (χ2n) is 6.90. The Balaban J connectivity index is 2.32. The summed E-state index contributed by atoms with van der Waals surface area (Å²) >= 11 is 0. The molecule has 0 fully saturated rings. The maximum absolute atomic E-state index is 12.7. The summed E-state index contributed by atoms with van der Waals surface area (Å²) < 4.78 is 25.4. The fraction of sp³-hybridized carbons (Fsp3) is 0.400. The first-order chi connectivity index (χ1) is 11.7. The smallest absolute Gasteiger partial charge is 0.206 e. The average Bonchev–Trinajstić information content (AvgIpc) is 2.55. The lowest BCUT2D eigenvalue weighted by Gasteiger charge is -2.32. The first-order valence-electron chi connectivity index (χ1n) is 8.56. The molecule has 5 heteroatoms. The Bertz CT molecular complexity index is 769. The fourth-order valence-electron chi connectivity index (χ4n) is 3.23. The van der Waals surface area contributed by atoms with E-state index in [1.165, 1.54) is 0 Å². The Morgan fingerprint density at radius 3 is 1.84 bits per heavy atom. The molecule has 0 saturated heterocycles. The molecule has 0 aliphatic carbocycles. The predicted molar refractivity (Wildman–Crippen MR) is 102 cm³/mol. The third-order valence-corrected chi connectivity index (χ3v) is 6.00. The van der Waals surface area contributed by atoms with Gasteiger partial charge >= 0.3 is 0 Å². The van der Waals surface area contributed by atoms with Crippen LogP contribution in [0.2, 0.25) is 0 Å². The topological polar surface area (TPSA) is 49.4 Å². The van der Waals surface area contributed by atoms with Crippen LogP contribution in [0.25, 0.3) is 0 Å². The highest BCUT2D eigenvalue weighted by molar-refractivity contribution is 7.91. The van der Waals surface area contributed by atoms with Crippen molar-refractivity contribution in [3.05, 3.63) is 60.2 Å². The summed E-state index contributed by atoms with van der Waals surface area (Å²) in [6.07, 6.45) is 0. The van der Waals surface area contributed by atoms with Gasteiger partial charge in [0.25, 0.3) is 0 Å². The van der Waals surface area contributed by atoms with Gasteiger partial charge < -0.3 is 10.2 Å². The van der Waals surface area contributed by atoms with Crippen molar-refractivity contribution in [3.8, 4) is 0 Å². The molecule has 0 amide bonds. The standard InChI is InChI=1S/C20H28N2O2S/c1-15(2)21-16(3)20(22(4)5)17-11-13-19(14-12-17)25(23,24)18-9-7-6-8-10-18/h6-16,20-21H,1-5H3/t16-,20+/m0/s1. The van der Waals surface area contributed by atoms with E-state index in [1.54, 1.807) is 36.4 Å². The molecular weight excluding hydrogens is 332 g/mol. The molecule has 0 unspecified atom stereocenters. The van der Waals surface area contributed by atoms with Gasteiger partial charge in [0.1, 0.15) is 0 Å². The number of sulfone groups is 1. The Kier molecular flexibility index (Phi) is 6.38. The fourth-order valence-corrected chi connectivity index (χ4v) is 4.51. The van der Waals surface area contributed by atoms with Gasteiger partial charge in [0.05, 0.1) is 9.79 Å². The highest BCUT2D eigenvalue weighted by Crippen LogP contribution is 2.26. The number of hydrogen-bond donors (Lipinski definition) is 1. The molecular formula is C20H28N2O2S. The number of rotatable bonds is 7. The van der Waals surface area contributed by atoms with Crippen LogP contribution in [0.5, 0.6) is 0 Å². The van der Waals surface area contributed by atoms with E-state index in [1.807, 2.05) is 32.3 Å². The molecule has 2 aromatic rings. The monoisotopic (exact) mass is 360 g/mol. The summed E-state index contributed by atoms with van der Waals surface area (Å²) in [6, 6.07) is 16.6. The average molecular weight is 361 g/mol. The van der Waals surface area contributed by atoms with Crippen molar-refractivity contribution in [1.29, 1.82) is 0 Å². The maximum Gasteiger partial charge on any atom is 0.206 e. The molecule has 1 N–H and O–H groups in total. The molecule has 0 spiro atoms. The second kappa shape index (κ2) is 8.13. The van der Waals surface area contributed by atoms with E-state index in [2.05, 4.69) is 31.0 Å². The van der Waals surface area contributed by atoms with E-state index in [0.717, 1.165) is 5.56 Å². The molecule has 0 aliphatic heterocycles. The van der Waals surface area contributed by atoms with Crippen LogP contribution in [0.3, 0.4) is 0 Å². The van der Waals surface area contributed by atoms with Crippen molar-refractivity contribution < 1.29 is 8.42 Å². The summed E-state index contributed by atoms with van der Waals surface area (Å²) in [5.74, 6) is 0. The minimum Gasteiger partial charge on any atom is -0.310 e. The van der Waals surface area contributed by atoms with Crippen LogP contribution in [0.15, 0.2) is 64.4 Å². The molecule has 2 aromatic carbocycles. The van der Waals surface area contributed by atoms with Crippen molar-refractivity contribution >= 4 is 9.84 Å². The van der Waals surface area contributed by atoms with Gasteiger partial charge in [-0.05, 0) is 50.8 Å². The van der Waals surface area contributed by atoms with Gasteiger partial charge in [-0.1, -0.05) is 44.2 Å². The number of nitrogens with one attached hydrogen (secondary N) is 1. The van der Waals surface area contributed by atoms with Crippen molar-refractivity contribution in [1.82, 2.24) is 10.2 Å². The molecule has 0 bridgehead atoms. The number of nitrogens with zero attached hydrogens (tertiary/aromatic N) is 1. The molecule has 136 valence electrons. The zero-order valence-corrected chi connectivity index (χ0v) is 16.4. The zero-order valence-electron chi connectivity index (χ0n) is 15.6. The Morgan fingerprint density at radius 2 is 1.36 bits per heavy atom. The third kappa shape index (κ3) is 4.69. The quantitative estimate of drug-likeness (QED) is 0.821. The summed E-state index contributed by atoms with van der Waals surface area (Å²) in [6.45, 7) is 6.40. The van der Waals surface area contributed by atoms with Gasteiger partial charge in [0, 0.05) is 18.1 Å². The molecule has 0 heterocycles. The summed E-state index contributed by atoms with van der Waals surface area (Å²) in [5, 5.41) is 3.53. The van der Waals surface area contributed by atoms with E-state index < -0.39 is 9.84 Å². The Hall–Kier alpha value is -1.69. The zero-order chi connectivity index (χ0) is 18.6. The van der Waals surface area contributed by atoms with Crippen molar-refractivity contribution in [2.75, 3.05) is 14.1 Å². The lowest BCUT2D eigenvalue weighted by molar-refractivity contribution is 0.233. The van der Waals surface area contributed by atoms with Gasteiger partial charge in [-0.25, -0.2) is 8.42 Å². The SMILES string of the molecule is CC(C)N[C@@H](C)[C@H](c1ccc(S(=O)(=O)c2ccccc2)cc1)N(C)C. The lowest BCUT2D eigenvalue weighted by Crippen LogP contribution is -2.42. The number of likely N-dealkylation sites (N-methyl/N-ethyl adjacent to an activating group) is 1. The van der Waals surface area contributed by atoms with E-state index in [9.17, 15) is 8.42 Å². The van der Waals surface area contributed by atoms with E-state index in [0.29, 0.717) is 15.8 Å². The predicted octanol–water partition coefficient (Wildman–Crippen LogP) is 3.51. The van der Waals surface area contributed by atoms with Gasteiger partial charge in [-0.3, -0.25) is 0 Å². The Morgan fingerprint density at radius 1 is 0.840 bits per heavy atom. The highest BCUT2D eigenvalue weighted by atomic mass is 32.2. The number of hydrogen-bond acceptors (Lipinski definition) is 4. The summed E-state index contributed by atoms with van der Waals surface area (Å²) in [5.41, 5.74) is 1.10. The third-order valence-electron chi connectivity index (χ3n) is 4.21. The summed E-state index contributed by atoms with van der Waals surface area (Å²) in [7, 11) is 0.609. The molecule has 0 aromatic heterocycles. The van der Waals surface area contributed by atoms with Crippen LogP contribution in [0.1, 0.15) is 32.4 Å². The van der Waals surface area contributed by atoms with Gasteiger partial charge in [-0.2, -0.15) is 0 Å². The van der Waals surface area contributed by atoms with Crippen LogP contribution in [-0.4, -0.2) is 39.5 Å². The van der Waals surface area contributed by atoms with E-state index >= 15 is 0 Å². The molecule has 0 aliphatic rings. The first-order valence-corrected chi connectivity index (χ1v) is 10.0. The molecule has 0 saturated carbocycles. The van der Waals surface area contributed by atoms with Crippen molar-refractivity contribution in [2.24, 2.45) is 0 Å². The van der Waals surface area contributed by atoms with Crippen LogP contribution in [0.4, 0.5) is 0 Å². The van der Waals surface area contributed by atoms with E-state index in [4.69, 9.17) is 0 Å². The highest BCUT2D eigenvalue weighted by Gasteiger charge is 2.23. The first kappa shape index (κ1) is 19.6. The molecule has 25 heavy (non-hydrogen) atoms. The van der Waals surface area contributed by atoms with E-state index in [-0.39, 0.29) is 12.1 Å². The molecule has 2 atom stereocenters. The van der Waals surface area contributed by atoms with Crippen LogP contribution >= 0.6 is 0 Å². The van der Waals surface area contributed by atoms with Gasteiger partial charge in [0.15, 0.2) is 0 Å². The van der Waals surface area contributed by atoms with Gasteiger partial charge in [0.2, 0.25) is 9.84 Å². The lowest BCUT2D eigenvalue weighted by atomic mass is 9.99. The van der Waals surface area contributed by atoms with Gasteiger partial charge in [-0.15, -0.1) is 0 Å². The minimum atomic E-state index is -3.47. The van der Waals surface area contributed by atoms with Crippen LogP contribution in [-0.2, 0) is 9.84 Å². The summed E-state index contributed by atoms with van der Waals surface area (Å²) in [4.78, 5) is 2.80. The molecule has 4 nitrogen and oxygen atoms in total. The molecule has 0 radical (unpaired) electrons. The van der Waals surface area contributed by atoms with Crippen LogP contribution < -0.4 is 5.32 Å². The second-order valence-corrected chi connectivity index (χ2v) is 8.85. The minimum absolute atomic E-state index is 0.163. The largest absolute Gasteiger partial charge is 0.310 e. The van der Waals surface area contributed by atoms with Crippen molar-refractivity contribution in [3.63, 3.8) is 0 Å². The molecule has 2 rings (SSSR count). The number of benzene rings is 2. The Labute approximate surface area is 151 Å². The van der Waals surface area contributed by atoms with Crippen LogP contribution in [0, 0.1) is 0 Å².